The minimum absolute atomic E-state index is 0.124. The normalized spacial score (nSPS) is 15.6. The van der Waals surface area contributed by atoms with Crippen molar-refractivity contribution in [1.29, 1.82) is 5.26 Å². The number of carbonyl (C=O) groups is 1. The summed E-state index contributed by atoms with van der Waals surface area (Å²) >= 11 is 4.68. The van der Waals surface area contributed by atoms with Crippen molar-refractivity contribution < 1.29 is 4.79 Å². The molecular weight excluding hydrogens is 470 g/mol. The van der Waals surface area contributed by atoms with Gasteiger partial charge in [0.05, 0.1) is 11.3 Å². The van der Waals surface area contributed by atoms with E-state index in [0.29, 0.717) is 22.4 Å². The number of thioether (sulfide) groups is 1. The number of anilines is 1. The lowest BCUT2D eigenvalue weighted by Gasteiger charge is -2.17. The fraction of sp³-hybridized carbons (Fsp3) is 0.500. The van der Waals surface area contributed by atoms with Crippen molar-refractivity contribution >= 4 is 45.3 Å². The number of aromatic nitrogens is 3. The summed E-state index contributed by atoms with van der Waals surface area (Å²) in [5.74, 6) is 2.03. The Balaban J connectivity index is 1.48. The fourth-order valence-corrected chi connectivity index (χ4v) is 7.21. The van der Waals surface area contributed by atoms with Crippen LogP contribution in [0.3, 0.4) is 0 Å². The zero-order valence-electron chi connectivity index (χ0n) is 19.6. The molecule has 1 atom stereocenters. The van der Waals surface area contributed by atoms with E-state index in [9.17, 15) is 10.1 Å². The summed E-state index contributed by atoms with van der Waals surface area (Å²) in [5, 5.41) is 25.0. The Morgan fingerprint density at radius 2 is 2.15 bits per heavy atom. The first kappa shape index (κ1) is 24.0. The summed E-state index contributed by atoms with van der Waals surface area (Å²) in [4.78, 5) is 15.3. The van der Waals surface area contributed by atoms with Gasteiger partial charge in [-0.25, -0.2) is 0 Å². The van der Waals surface area contributed by atoms with Gasteiger partial charge in [0.15, 0.2) is 11.0 Å². The lowest BCUT2D eigenvalue weighted by molar-refractivity contribution is -0.113. The van der Waals surface area contributed by atoms with Crippen LogP contribution >= 0.6 is 34.4 Å². The first-order valence-electron chi connectivity index (χ1n) is 11.3. The van der Waals surface area contributed by atoms with Gasteiger partial charge in [0.1, 0.15) is 11.1 Å². The molecule has 0 aromatic carbocycles. The maximum Gasteiger partial charge on any atom is 0.235 e. The Morgan fingerprint density at radius 3 is 2.82 bits per heavy atom. The van der Waals surface area contributed by atoms with E-state index in [1.54, 1.807) is 22.7 Å². The SMILES string of the molecule is CC1CCc2c(sc(NC(=O)CSc3nnc(-c4csc(C(C)C)c4)n3C(C)C)c2C#N)C1. The summed E-state index contributed by atoms with van der Waals surface area (Å²) in [6.45, 7) is 10.8. The number of rotatable bonds is 7. The number of nitriles is 1. The van der Waals surface area contributed by atoms with Gasteiger partial charge in [-0.15, -0.1) is 32.9 Å². The van der Waals surface area contributed by atoms with E-state index in [1.165, 1.54) is 21.5 Å². The molecule has 0 fully saturated rings. The predicted molar refractivity (Wildman–Crippen MR) is 137 cm³/mol. The standard InChI is InChI=1S/C24H29N5OS3/c1-13(2)19-9-16(11-31-19)22-27-28-24(29(22)14(3)4)32-12-21(30)26-23-18(10-25)17-7-6-15(5)8-20(17)33-23/h9,11,13-15H,6-8,12H2,1-5H3,(H,26,30). The Bertz CT molecular complexity index is 1200. The zero-order chi connectivity index (χ0) is 23.7. The third kappa shape index (κ3) is 5.03. The van der Waals surface area contributed by atoms with Crippen LogP contribution in [-0.4, -0.2) is 26.4 Å². The minimum atomic E-state index is -0.124. The van der Waals surface area contributed by atoms with Crippen LogP contribution in [0.15, 0.2) is 16.6 Å². The molecule has 6 nitrogen and oxygen atoms in total. The summed E-state index contributed by atoms with van der Waals surface area (Å²) in [6.07, 6.45) is 3.00. The molecule has 0 aliphatic heterocycles. The van der Waals surface area contributed by atoms with E-state index >= 15 is 0 Å². The molecule has 1 N–H and O–H groups in total. The molecule has 0 saturated carbocycles. The number of nitrogens with one attached hydrogen (secondary N) is 1. The van der Waals surface area contributed by atoms with Gasteiger partial charge in [0.2, 0.25) is 5.91 Å². The molecule has 0 bridgehead atoms. The first-order chi connectivity index (χ1) is 15.8. The number of nitrogens with zero attached hydrogens (tertiary/aromatic N) is 4. The Morgan fingerprint density at radius 1 is 1.36 bits per heavy atom. The zero-order valence-corrected chi connectivity index (χ0v) is 22.1. The molecule has 1 aliphatic rings. The molecule has 33 heavy (non-hydrogen) atoms. The summed E-state index contributed by atoms with van der Waals surface area (Å²) < 4.78 is 2.09. The van der Waals surface area contributed by atoms with Gasteiger partial charge < -0.3 is 5.32 Å². The predicted octanol–water partition coefficient (Wildman–Crippen LogP) is 6.50. The van der Waals surface area contributed by atoms with Crippen LogP contribution in [0.5, 0.6) is 0 Å². The quantitative estimate of drug-likeness (QED) is 0.375. The second kappa shape index (κ2) is 10.00. The average Bonchev–Trinajstić information content (AvgIpc) is 3.47. The molecule has 3 heterocycles. The highest BCUT2D eigenvalue weighted by Gasteiger charge is 2.25. The van der Waals surface area contributed by atoms with Gasteiger partial charge in [0, 0.05) is 26.7 Å². The van der Waals surface area contributed by atoms with E-state index in [2.05, 4.69) is 72.2 Å². The molecule has 174 valence electrons. The van der Waals surface area contributed by atoms with E-state index in [1.807, 2.05) is 0 Å². The summed E-state index contributed by atoms with van der Waals surface area (Å²) in [6, 6.07) is 4.67. The van der Waals surface area contributed by atoms with Crippen LogP contribution in [-0.2, 0) is 17.6 Å². The number of carbonyl (C=O) groups excluding carboxylic acids is 1. The average molecular weight is 500 g/mol. The minimum Gasteiger partial charge on any atom is -0.316 e. The highest BCUT2D eigenvalue weighted by molar-refractivity contribution is 7.99. The molecule has 3 aromatic heterocycles. The number of hydrogen-bond donors (Lipinski definition) is 1. The largest absolute Gasteiger partial charge is 0.316 e. The second-order valence-electron chi connectivity index (χ2n) is 9.17. The molecule has 0 radical (unpaired) electrons. The lowest BCUT2D eigenvalue weighted by Crippen LogP contribution is -2.15. The third-order valence-corrected chi connectivity index (χ3v) is 9.18. The topological polar surface area (TPSA) is 83.6 Å². The molecule has 0 saturated heterocycles. The third-order valence-electron chi connectivity index (χ3n) is 5.84. The van der Waals surface area contributed by atoms with Crippen molar-refractivity contribution in [2.24, 2.45) is 5.92 Å². The highest BCUT2D eigenvalue weighted by Crippen LogP contribution is 2.39. The highest BCUT2D eigenvalue weighted by atomic mass is 32.2. The molecule has 1 amide bonds. The number of fused-ring (bicyclic) bond motifs is 1. The Kier molecular flexibility index (Phi) is 7.27. The van der Waals surface area contributed by atoms with Gasteiger partial charge in [-0.3, -0.25) is 9.36 Å². The van der Waals surface area contributed by atoms with Gasteiger partial charge in [-0.05, 0) is 56.6 Å². The number of amides is 1. The summed E-state index contributed by atoms with van der Waals surface area (Å²) in [5.41, 5.74) is 2.84. The van der Waals surface area contributed by atoms with Gasteiger partial charge in [0.25, 0.3) is 0 Å². The van der Waals surface area contributed by atoms with Crippen molar-refractivity contribution in [3.05, 3.63) is 32.3 Å². The van der Waals surface area contributed by atoms with Crippen LogP contribution in [0.25, 0.3) is 11.4 Å². The molecule has 1 unspecified atom stereocenters. The van der Waals surface area contributed by atoms with Gasteiger partial charge in [-0.2, -0.15) is 5.26 Å². The maximum atomic E-state index is 12.8. The molecule has 1 aliphatic carbocycles. The van der Waals surface area contributed by atoms with Crippen molar-refractivity contribution in [1.82, 2.24) is 14.8 Å². The Labute approximate surface area is 207 Å². The number of thiophene rings is 2. The smallest absolute Gasteiger partial charge is 0.235 e. The van der Waals surface area contributed by atoms with Crippen LogP contribution < -0.4 is 5.32 Å². The van der Waals surface area contributed by atoms with Crippen molar-refractivity contribution in [3.8, 4) is 17.5 Å². The molecule has 0 spiro atoms. The van der Waals surface area contributed by atoms with Crippen LogP contribution in [0.1, 0.15) is 73.9 Å². The fourth-order valence-electron chi connectivity index (χ4n) is 4.06. The second-order valence-corrected chi connectivity index (χ2v) is 12.2. The molecular formula is C24H29N5OS3. The molecule has 4 rings (SSSR count). The monoisotopic (exact) mass is 499 g/mol. The summed E-state index contributed by atoms with van der Waals surface area (Å²) in [7, 11) is 0. The van der Waals surface area contributed by atoms with Crippen LogP contribution in [0, 0.1) is 17.2 Å². The van der Waals surface area contributed by atoms with E-state index < -0.39 is 0 Å². The number of hydrogen-bond acceptors (Lipinski definition) is 7. The van der Waals surface area contributed by atoms with E-state index in [4.69, 9.17) is 0 Å². The van der Waals surface area contributed by atoms with Gasteiger partial charge in [-0.1, -0.05) is 32.5 Å². The van der Waals surface area contributed by atoms with Crippen LogP contribution in [0.2, 0.25) is 0 Å². The van der Waals surface area contributed by atoms with Crippen LogP contribution in [0.4, 0.5) is 5.00 Å². The van der Waals surface area contributed by atoms with Crippen molar-refractivity contribution in [2.75, 3.05) is 11.1 Å². The van der Waals surface area contributed by atoms with E-state index in [-0.39, 0.29) is 17.7 Å². The van der Waals surface area contributed by atoms with Crippen molar-refractivity contribution in [2.45, 2.75) is 71.0 Å². The molecule has 9 heteroatoms. The maximum absolute atomic E-state index is 12.8. The van der Waals surface area contributed by atoms with E-state index in [0.717, 1.165) is 41.4 Å². The first-order valence-corrected chi connectivity index (χ1v) is 14.0. The van der Waals surface area contributed by atoms with Crippen molar-refractivity contribution in [3.63, 3.8) is 0 Å². The Hall–Kier alpha value is -2.15. The molecule has 3 aromatic rings. The van der Waals surface area contributed by atoms with Gasteiger partial charge >= 0.3 is 0 Å². The lowest BCUT2D eigenvalue weighted by atomic mass is 9.89.